The maximum atomic E-state index is 2.46. The number of hydrogen-bond acceptors (Lipinski definition) is 0. The van der Waals surface area contributed by atoms with Gasteiger partial charge in [0.05, 0.1) is 0 Å². The summed E-state index contributed by atoms with van der Waals surface area (Å²) in [6.45, 7) is 6.84. The fourth-order valence-corrected chi connectivity index (χ4v) is 2.75. The monoisotopic (exact) mass is 166 g/mol. The molecule has 1 fully saturated rings. The Morgan fingerprint density at radius 3 is 2.67 bits per heavy atom. The van der Waals surface area contributed by atoms with Crippen molar-refractivity contribution < 1.29 is 0 Å². The van der Waals surface area contributed by atoms with E-state index in [1.165, 1.54) is 32.1 Å². The van der Waals surface area contributed by atoms with Crippen LogP contribution in [0.5, 0.6) is 0 Å². The van der Waals surface area contributed by atoms with E-state index in [9.17, 15) is 0 Å². The molecule has 0 radical (unpaired) electrons. The first-order chi connectivity index (χ1) is 5.72. The molecular weight excluding hydrogens is 144 g/mol. The molecule has 2 atom stereocenters. The van der Waals surface area contributed by atoms with E-state index in [0.717, 1.165) is 5.92 Å². The summed E-state index contributed by atoms with van der Waals surface area (Å²) in [5, 5.41) is 0. The molecule has 1 aliphatic rings. The Morgan fingerprint density at radius 2 is 2.25 bits per heavy atom. The average Bonchev–Trinajstić information content (AvgIpc) is 2.34. The van der Waals surface area contributed by atoms with Gasteiger partial charge in [-0.05, 0) is 43.9 Å². The highest BCUT2D eigenvalue weighted by Gasteiger charge is 2.33. The maximum Gasteiger partial charge on any atom is -0.0116 e. The Kier molecular flexibility index (Phi) is 3.37. The summed E-state index contributed by atoms with van der Waals surface area (Å²) >= 11 is 0. The molecule has 0 spiro atoms. The highest BCUT2D eigenvalue weighted by Crippen LogP contribution is 2.46. The number of rotatable bonds is 3. The van der Waals surface area contributed by atoms with Crippen LogP contribution < -0.4 is 0 Å². The highest BCUT2D eigenvalue weighted by molar-refractivity contribution is 5.02. The summed E-state index contributed by atoms with van der Waals surface area (Å²) < 4.78 is 0. The van der Waals surface area contributed by atoms with Crippen molar-refractivity contribution >= 4 is 0 Å². The molecule has 0 heteroatoms. The lowest BCUT2D eigenvalue weighted by Gasteiger charge is -2.24. The third-order valence-corrected chi connectivity index (χ3v) is 3.16. The van der Waals surface area contributed by atoms with E-state index in [1.807, 2.05) is 0 Å². The van der Waals surface area contributed by atoms with E-state index >= 15 is 0 Å². The zero-order chi connectivity index (χ0) is 9.03. The number of hydrogen-bond donors (Lipinski definition) is 0. The molecule has 2 unspecified atom stereocenters. The van der Waals surface area contributed by atoms with Crippen molar-refractivity contribution in [2.45, 2.75) is 52.9 Å². The topological polar surface area (TPSA) is 0 Å². The zero-order valence-electron chi connectivity index (χ0n) is 8.77. The smallest absolute Gasteiger partial charge is 0.0116 e. The maximum absolute atomic E-state index is 2.46. The zero-order valence-corrected chi connectivity index (χ0v) is 8.77. The molecule has 0 saturated heterocycles. The third kappa shape index (κ3) is 2.12. The van der Waals surface area contributed by atoms with Crippen LogP contribution in [0.4, 0.5) is 0 Å². The van der Waals surface area contributed by atoms with Gasteiger partial charge >= 0.3 is 0 Å². The van der Waals surface area contributed by atoms with E-state index in [1.54, 1.807) is 0 Å². The molecular formula is C12H22. The minimum atomic E-state index is 0.586. The fraction of sp³-hybridized carbons (Fsp3) is 0.833. The van der Waals surface area contributed by atoms with Crippen LogP contribution in [0.2, 0.25) is 0 Å². The lowest BCUT2D eigenvalue weighted by Crippen LogP contribution is -2.12. The molecule has 1 saturated carbocycles. The number of allylic oxidation sites excluding steroid dienone is 2. The van der Waals surface area contributed by atoms with Crippen LogP contribution >= 0.6 is 0 Å². The van der Waals surface area contributed by atoms with Crippen molar-refractivity contribution in [2.75, 3.05) is 0 Å². The first-order valence-electron chi connectivity index (χ1n) is 5.36. The molecule has 0 aromatic rings. The average molecular weight is 166 g/mol. The summed E-state index contributed by atoms with van der Waals surface area (Å²) in [7, 11) is 0. The van der Waals surface area contributed by atoms with Gasteiger partial charge in [-0.1, -0.05) is 32.4 Å². The lowest BCUT2D eigenvalue weighted by molar-refractivity contribution is 0.346. The summed E-state index contributed by atoms with van der Waals surface area (Å²) in [6.07, 6.45) is 11.7. The van der Waals surface area contributed by atoms with Gasteiger partial charge in [0.25, 0.3) is 0 Å². The van der Waals surface area contributed by atoms with Gasteiger partial charge in [0, 0.05) is 0 Å². The molecule has 12 heavy (non-hydrogen) atoms. The highest BCUT2D eigenvalue weighted by atomic mass is 14.4. The molecule has 1 aliphatic carbocycles. The standard InChI is InChI=1S/C12H22/c1-4-7-12(8-5-2)9-6-11(3)10-12/h4,7,11H,5-6,8-10H2,1-3H3. The van der Waals surface area contributed by atoms with Crippen LogP contribution in [0.1, 0.15) is 52.9 Å². The molecule has 0 aromatic heterocycles. The first kappa shape index (κ1) is 9.83. The van der Waals surface area contributed by atoms with Crippen LogP contribution in [-0.4, -0.2) is 0 Å². The second-order valence-corrected chi connectivity index (χ2v) is 4.46. The Hall–Kier alpha value is -0.260. The van der Waals surface area contributed by atoms with Gasteiger partial charge < -0.3 is 0 Å². The molecule has 0 aromatic carbocycles. The van der Waals surface area contributed by atoms with Gasteiger partial charge in [0.1, 0.15) is 0 Å². The third-order valence-electron chi connectivity index (χ3n) is 3.16. The molecule has 0 N–H and O–H groups in total. The SMILES string of the molecule is CC=CC1(CCC)CCC(C)C1. The van der Waals surface area contributed by atoms with Gasteiger partial charge in [-0.15, -0.1) is 0 Å². The largest absolute Gasteiger partial charge is 0.0911 e. The minimum Gasteiger partial charge on any atom is -0.0911 e. The molecule has 0 bridgehead atoms. The molecule has 0 heterocycles. The second-order valence-electron chi connectivity index (χ2n) is 4.46. The van der Waals surface area contributed by atoms with Gasteiger partial charge in [-0.3, -0.25) is 0 Å². The predicted molar refractivity (Wildman–Crippen MR) is 55.2 cm³/mol. The minimum absolute atomic E-state index is 0.586. The second kappa shape index (κ2) is 4.11. The van der Waals surface area contributed by atoms with Gasteiger partial charge in [0.15, 0.2) is 0 Å². The Morgan fingerprint density at radius 1 is 1.50 bits per heavy atom. The Labute approximate surface area is 77.1 Å². The quantitative estimate of drug-likeness (QED) is 0.552. The summed E-state index contributed by atoms with van der Waals surface area (Å²) in [6, 6.07) is 0. The van der Waals surface area contributed by atoms with Crippen molar-refractivity contribution in [3.63, 3.8) is 0 Å². The fourth-order valence-electron chi connectivity index (χ4n) is 2.75. The van der Waals surface area contributed by atoms with Crippen molar-refractivity contribution in [2.24, 2.45) is 11.3 Å². The molecule has 70 valence electrons. The molecule has 0 aliphatic heterocycles. The Bertz CT molecular complexity index is 153. The van der Waals surface area contributed by atoms with Crippen molar-refractivity contribution in [3.05, 3.63) is 12.2 Å². The predicted octanol–water partition coefficient (Wildman–Crippen LogP) is 4.17. The van der Waals surface area contributed by atoms with Crippen LogP contribution in [0.15, 0.2) is 12.2 Å². The van der Waals surface area contributed by atoms with Crippen molar-refractivity contribution in [1.82, 2.24) is 0 Å². The van der Waals surface area contributed by atoms with Gasteiger partial charge in [-0.2, -0.15) is 0 Å². The van der Waals surface area contributed by atoms with Crippen LogP contribution in [-0.2, 0) is 0 Å². The van der Waals surface area contributed by atoms with Crippen LogP contribution in [0, 0.1) is 11.3 Å². The van der Waals surface area contributed by atoms with Gasteiger partial charge in [0.2, 0.25) is 0 Å². The molecule has 0 nitrogen and oxygen atoms in total. The van der Waals surface area contributed by atoms with E-state index in [0.29, 0.717) is 5.41 Å². The Balaban J connectivity index is 2.60. The first-order valence-corrected chi connectivity index (χ1v) is 5.36. The van der Waals surface area contributed by atoms with Gasteiger partial charge in [-0.25, -0.2) is 0 Å². The van der Waals surface area contributed by atoms with E-state index in [4.69, 9.17) is 0 Å². The molecule has 0 amide bonds. The van der Waals surface area contributed by atoms with Crippen LogP contribution in [0.3, 0.4) is 0 Å². The van der Waals surface area contributed by atoms with Crippen molar-refractivity contribution in [1.29, 1.82) is 0 Å². The van der Waals surface area contributed by atoms with Crippen LogP contribution in [0.25, 0.3) is 0 Å². The van der Waals surface area contributed by atoms with E-state index in [-0.39, 0.29) is 0 Å². The summed E-state index contributed by atoms with van der Waals surface area (Å²) in [5.74, 6) is 0.952. The summed E-state index contributed by atoms with van der Waals surface area (Å²) in [5.41, 5.74) is 0.586. The molecule has 1 rings (SSSR count). The van der Waals surface area contributed by atoms with E-state index < -0.39 is 0 Å². The van der Waals surface area contributed by atoms with E-state index in [2.05, 4.69) is 32.9 Å². The summed E-state index contributed by atoms with van der Waals surface area (Å²) in [4.78, 5) is 0. The lowest BCUT2D eigenvalue weighted by atomic mass is 9.81. The van der Waals surface area contributed by atoms with Crippen molar-refractivity contribution in [3.8, 4) is 0 Å². The normalized spacial score (nSPS) is 36.4.